The van der Waals surface area contributed by atoms with Crippen LogP contribution in [0.5, 0.6) is 0 Å². The van der Waals surface area contributed by atoms with Crippen molar-refractivity contribution in [1.82, 2.24) is 14.5 Å². The van der Waals surface area contributed by atoms with E-state index in [0.29, 0.717) is 5.95 Å². The number of benzene rings is 7. The van der Waals surface area contributed by atoms with Gasteiger partial charge in [0, 0.05) is 37.2 Å². The predicted molar refractivity (Wildman–Crippen MR) is 201 cm³/mol. The lowest BCUT2D eigenvalue weighted by atomic mass is 9.95. The van der Waals surface area contributed by atoms with Crippen molar-refractivity contribution in [3.8, 4) is 17.2 Å². The molecule has 7 aromatic carbocycles. The number of aromatic nitrogens is 3. The van der Waals surface area contributed by atoms with Crippen LogP contribution in [0, 0.1) is 20.8 Å². The Hall–Kier alpha value is -5.58. The van der Waals surface area contributed by atoms with Gasteiger partial charge in [-0.25, -0.2) is 9.97 Å². The second-order valence-electron chi connectivity index (χ2n) is 12.8. The Morgan fingerprint density at radius 1 is 0.553 bits per heavy atom. The van der Waals surface area contributed by atoms with Crippen LogP contribution in [-0.2, 0) is 0 Å². The maximum Gasteiger partial charge on any atom is 0.235 e. The summed E-state index contributed by atoms with van der Waals surface area (Å²) in [7, 11) is 0. The van der Waals surface area contributed by atoms with Crippen molar-refractivity contribution < 1.29 is 0 Å². The van der Waals surface area contributed by atoms with Crippen molar-refractivity contribution in [2.75, 3.05) is 0 Å². The zero-order valence-corrected chi connectivity index (χ0v) is 27.1. The number of thiophene rings is 1. The summed E-state index contributed by atoms with van der Waals surface area (Å²) in [4.78, 5) is 10.9. The third-order valence-electron chi connectivity index (χ3n) is 9.84. The van der Waals surface area contributed by atoms with Gasteiger partial charge in [-0.1, -0.05) is 109 Å². The van der Waals surface area contributed by atoms with E-state index in [0.717, 1.165) is 22.1 Å². The van der Waals surface area contributed by atoms with E-state index in [-0.39, 0.29) is 0 Å². The number of fused-ring (bicyclic) bond motifs is 13. The molecule has 0 atom stereocenters. The van der Waals surface area contributed by atoms with Crippen molar-refractivity contribution in [1.29, 1.82) is 0 Å². The Morgan fingerprint density at radius 3 is 1.98 bits per heavy atom. The first-order valence-electron chi connectivity index (χ1n) is 16.1. The number of rotatable bonds is 2. The van der Waals surface area contributed by atoms with Crippen molar-refractivity contribution >= 4 is 85.8 Å². The highest BCUT2D eigenvalue weighted by Gasteiger charge is 2.25. The van der Waals surface area contributed by atoms with E-state index in [9.17, 15) is 0 Å². The second kappa shape index (κ2) is 9.71. The van der Waals surface area contributed by atoms with E-state index in [4.69, 9.17) is 9.97 Å². The highest BCUT2D eigenvalue weighted by Crippen LogP contribution is 2.49. The summed E-state index contributed by atoms with van der Waals surface area (Å²) >= 11 is 1.87. The maximum atomic E-state index is 5.54. The Morgan fingerprint density at radius 2 is 1.19 bits per heavy atom. The van der Waals surface area contributed by atoms with Crippen LogP contribution in [0.3, 0.4) is 0 Å². The van der Waals surface area contributed by atoms with Gasteiger partial charge in [0.15, 0.2) is 0 Å². The average Bonchev–Trinajstić information content (AvgIpc) is 3.65. The first kappa shape index (κ1) is 26.6. The fraction of sp³-hybridized carbons (Fsp3) is 0.0698. The highest BCUT2D eigenvalue weighted by molar-refractivity contribution is 7.27. The quantitative estimate of drug-likeness (QED) is 0.193. The van der Waals surface area contributed by atoms with E-state index < -0.39 is 0 Å². The summed E-state index contributed by atoms with van der Waals surface area (Å²) in [6, 6.07) is 44.0. The average molecular weight is 620 g/mol. The Kier molecular flexibility index (Phi) is 5.50. The molecule has 47 heavy (non-hydrogen) atoms. The molecule has 0 amide bonds. The zero-order valence-electron chi connectivity index (χ0n) is 26.3. The van der Waals surface area contributed by atoms with Crippen LogP contribution < -0.4 is 0 Å². The molecule has 0 aliphatic rings. The molecular weight excluding hydrogens is 591 g/mol. The van der Waals surface area contributed by atoms with Gasteiger partial charge in [0.2, 0.25) is 5.95 Å². The fourth-order valence-corrected chi connectivity index (χ4v) is 9.31. The van der Waals surface area contributed by atoms with Crippen molar-refractivity contribution in [2.24, 2.45) is 0 Å². The minimum Gasteiger partial charge on any atom is -0.276 e. The number of para-hydroxylation sites is 1. The second-order valence-corrected chi connectivity index (χ2v) is 13.8. The largest absolute Gasteiger partial charge is 0.276 e. The lowest BCUT2D eigenvalue weighted by molar-refractivity contribution is 1.02. The van der Waals surface area contributed by atoms with Gasteiger partial charge < -0.3 is 0 Å². The Labute approximate surface area is 275 Å². The molecule has 0 saturated heterocycles. The van der Waals surface area contributed by atoms with Crippen LogP contribution in [0.2, 0.25) is 0 Å². The molecular formula is C43H29N3S. The monoisotopic (exact) mass is 619 g/mol. The summed E-state index contributed by atoms with van der Waals surface area (Å²) in [6.45, 7) is 6.56. The first-order chi connectivity index (χ1) is 23.1. The van der Waals surface area contributed by atoms with Crippen LogP contribution in [0.4, 0.5) is 0 Å². The number of nitrogens with zero attached hydrogens (tertiary/aromatic N) is 3. The minimum atomic E-state index is 0.697. The topological polar surface area (TPSA) is 30.7 Å². The summed E-state index contributed by atoms with van der Waals surface area (Å²) in [5.41, 5.74) is 9.10. The standard InChI is InChI=1S/C43H29N3S/c1-24-22-25(2)36(26(3)23-24)40-31-16-8-10-18-33(31)44-43(45-40)46-34-21-20-27-12-4-5-13-28(27)38(34)39-30-15-7-6-14-29(30)37-32-17-9-11-19-35(32)47-42(37)41(39)46/h4-23H,1-3H3. The van der Waals surface area contributed by atoms with E-state index in [1.165, 1.54) is 80.3 Å². The van der Waals surface area contributed by atoms with Gasteiger partial charge in [-0.3, -0.25) is 4.57 Å². The lowest BCUT2D eigenvalue weighted by Crippen LogP contribution is -2.05. The van der Waals surface area contributed by atoms with E-state index in [1.54, 1.807) is 0 Å². The molecule has 0 radical (unpaired) electrons. The van der Waals surface area contributed by atoms with Crippen LogP contribution >= 0.6 is 11.3 Å². The Balaban J connectivity index is 1.48. The van der Waals surface area contributed by atoms with E-state index in [1.807, 2.05) is 11.3 Å². The Bertz CT molecular complexity index is 2920. The summed E-state index contributed by atoms with van der Waals surface area (Å²) in [5, 5.41) is 11.2. The molecule has 0 bridgehead atoms. The molecule has 4 heteroatoms. The number of hydrogen-bond acceptors (Lipinski definition) is 3. The maximum absolute atomic E-state index is 5.54. The van der Waals surface area contributed by atoms with Gasteiger partial charge in [-0.05, 0) is 71.6 Å². The van der Waals surface area contributed by atoms with Crippen LogP contribution in [0.1, 0.15) is 16.7 Å². The lowest BCUT2D eigenvalue weighted by Gasteiger charge is -2.16. The minimum absolute atomic E-state index is 0.697. The molecule has 0 N–H and O–H groups in total. The first-order valence-corrected chi connectivity index (χ1v) is 16.9. The van der Waals surface area contributed by atoms with Crippen molar-refractivity contribution in [3.63, 3.8) is 0 Å². The molecule has 0 saturated carbocycles. The van der Waals surface area contributed by atoms with Gasteiger partial charge in [-0.15, -0.1) is 11.3 Å². The molecule has 0 aliphatic carbocycles. The summed E-state index contributed by atoms with van der Waals surface area (Å²) in [5.74, 6) is 0.697. The normalized spacial score (nSPS) is 12.1. The van der Waals surface area contributed by atoms with Crippen LogP contribution in [0.25, 0.3) is 91.6 Å². The smallest absolute Gasteiger partial charge is 0.235 e. The molecule has 10 aromatic rings. The molecule has 222 valence electrons. The molecule has 0 fully saturated rings. The summed E-state index contributed by atoms with van der Waals surface area (Å²) < 4.78 is 4.91. The molecule has 0 unspecified atom stereocenters. The van der Waals surface area contributed by atoms with Gasteiger partial charge in [0.1, 0.15) is 0 Å². The van der Waals surface area contributed by atoms with Gasteiger partial charge in [-0.2, -0.15) is 0 Å². The number of aryl methyl sites for hydroxylation is 3. The van der Waals surface area contributed by atoms with Gasteiger partial charge in [0.25, 0.3) is 0 Å². The van der Waals surface area contributed by atoms with E-state index in [2.05, 4.69) is 147 Å². The van der Waals surface area contributed by atoms with Crippen LogP contribution in [0.15, 0.2) is 121 Å². The third kappa shape index (κ3) is 3.67. The molecule has 10 rings (SSSR count). The highest BCUT2D eigenvalue weighted by atomic mass is 32.1. The van der Waals surface area contributed by atoms with Crippen LogP contribution in [-0.4, -0.2) is 14.5 Å². The predicted octanol–water partition coefficient (Wildman–Crippen LogP) is 12.0. The molecule has 3 aromatic heterocycles. The molecule has 3 heterocycles. The SMILES string of the molecule is Cc1cc(C)c(-c2nc(-n3c4ccc5ccccc5c4c4c5ccccc5c5c6ccccc6sc5c43)nc3ccccc23)c(C)c1. The molecule has 3 nitrogen and oxygen atoms in total. The summed E-state index contributed by atoms with van der Waals surface area (Å²) in [6.07, 6.45) is 0. The molecule has 0 spiro atoms. The van der Waals surface area contributed by atoms with Crippen molar-refractivity contribution in [3.05, 3.63) is 138 Å². The fourth-order valence-electron chi connectivity index (χ4n) is 8.05. The van der Waals surface area contributed by atoms with Gasteiger partial charge >= 0.3 is 0 Å². The van der Waals surface area contributed by atoms with E-state index >= 15 is 0 Å². The third-order valence-corrected chi connectivity index (χ3v) is 11.0. The van der Waals surface area contributed by atoms with Gasteiger partial charge in [0.05, 0.1) is 26.9 Å². The van der Waals surface area contributed by atoms with Crippen molar-refractivity contribution in [2.45, 2.75) is 20.8 Å². The zero-order chi connectivity index (χ0) is 31.4. The molecule has 0 aliphatic heterocycles. The number of hydrogen-bond donors (Lipinski definition) is 0.